The van der Waals surface area contributed by atoms with E-state index in [9.17, 15) is 27.9 Å². The topological polar surface area (TPSA) is 152 Å². The molecule has 1 aromatic carbocycles. The molecule has 202 valence electrons. The number of pyridine rings is 1. The highest BCUT2D eigenvalue weighted by atomic mass is 32.2. The number of nitrogens with one attached hydrogen (secondary N) is 2. The quantitative estimate of drug-likeness (QED) is 0.295. The number of carboxylic acid groups (broad SMARTS) is 1. The lowest BCUT2D eigenvalue weighted by molar-refractivity contribution is 0.0687. The van der Waals surface area contributed by atoms with Gasteiger partial charge in [0.1, 0.15) is 0 Å². The molecule has 0 saturated carbocycles. The number of ether oxygens (including phenoxy) is 1. The number of rotatable bonds is 15. The van der Waals surface area contributed by atoms with Crippen LogP contribution in [0.1, 0.15) is 83.2 Å². The second-order valence-electron chi connectivity index (χ2n) is 8.75. The van der Waals surface area contributed by atoms with Crippen LogP contribution in [0, 0.1) is 5.92 Å². The highest BCUT2D eigenvalue weighted by Crippen LogP contribution is 2.19. The van der Waals surface area contributed by atoms with E-state index in [0.29, 0.717) is 38.2 Å². The van der Waals surface area contributed by atoms with Crippen LogP contribution < -0.4 is 10.0 Å². The first-order valence-electron chi connectivity index (χ1n) is 12.3. The molecule has 0 saturated heterocycles. The fourth-order valence-corrected chi connectivity index (χ4v) is 4.63. The molecule has 37 heavy (non-hydrogen) atoms. The Labute approximate surface area is 217 Å². The number of sulfonamides is 1. The molecule has 2 rings (SSSR count). The molecule has 0 bridgehead atoms. The Balaban J connectivity index is 2.10. The molecule has 0 aliphatic rings. The van der Waals surface area contributed by atoms with Crippen LogP contribution in [0.2, 0.25) is 0 Å². The van der Waals surface area contributed by atoms with Gasteiger partial charge in [-0.05, 0) is 61.6 Å². The van der Waals surface area contributed by atoms with Crippen LogP contribution in [0.4, 0.5) is 0 Å². The van der Waals surface area contributed by atoms with E-state index in [1.165, 1.54) is 30.3 Å². The van der Waals surface area contributed by atoms with Gasteiger partial charge in [0.25, 0.3) is 21.8 Å². The van der Waals surface area contributed by atoms with Crippen molar-refractivity contribution in [2.75, 3.05) is 19.8 Å². The summed E-state index contributed by atoms with van der Waals surface area (Å²) in [4.78, 5) is 40.3. The molecule has 1 atom stereocenters. The molecule has 2 amide bonds. The average molecular weight is 534 g/mol. The molecule has 1 unspecified atom stereocenters. The third-order valence-electron chi connectivity index (χ3n) is 5.66. The summed E-state index contributed by atoms with van der Waals surface area (Å²) >= 11 is 0. The van der Waals surface area contributed by atoms with E-state index in [1.54, 1.807) is 0 Å². The Morgan fingerprint density at radius 2 is 1.76 bits per heavy atom. The maximum absolute atomic E-state index is 12.8. The smallest absolute Gasteiger partial charge is 0.354 e. The van der Waals surface area contributed by atoms with Crippen molar-refractivity contribution >= 4 is 27.8 Å². The number of carbonyl (C=O) groups excluding carboxylic acids is 2. The Kier molecular flexibility index (Phi) is 11.7. The van der Waals surface area contributed by atoms with E-state index < -0.39 is 21.9 Å². The molecule has 0 radical (unpaired) electrons. The molecule has 11 heteroatoms. The molecule has 0 aliphatic carbocycles. The first kappa shape index (κ1) is 29.9. The Morgan fingerprint density at radius 3 is 2.38 bits per heavy atom. The molecule has 1 heterocycles. The van der Waals surface area contributed by atoms with Crippen LogP contribution in [-0.2, 0) is 21.2 Å². The summed E-state index contributed by atoms with van der Waals surface area (Å²) in [5.74, 6) is -2.32. The summed E-state index contributed by atoms with van der Waals surface area (Å²) in [6.45, 7) is 7.49. The molecule has 3 N–H and O–H groups in total. The number of nitrogens with zero attached hydrogens (tertiary/aromatic N) is 1. The van der Waals surface area contributed by atoms with Crippen molar-refractivity contribution in [3.05, 3.63) is 58.9 Å². The number of hydrogen-bond acceptors (Lipinski definition) is 7. The normalized spacial score (nSPS) is 12.1. The molecule has 0 spiro atoms. The van der Waals surface area contributed by atoms with E-state index >= 15 is 0 Å². The molecule has 2 aromatic rings. The van der Waals surface area contributed by atoms with Crippen LogP contribution >= 0.6 is 0 Å². The van der Waals surface area contributed by atoms with Gasteiger partial charge < -0.3 is 15.2 Å². The predicted octanol–water partition coefficient (Wildman–Crippen LogP) is 3.42. The van der Waals surface area contributed by atoms with Gasteiger partial charge in [-0.3, -0.25) is 9.59 Å². The van der Waals surface area contributed by atoms with Crippen molar-refractivity contribution in [2.24, 2.45) is 5.92 Å². The van der Waals surface area contributed by atoms with Gasteiger partial charge in [0.15, 0.2) is 5.69 Å². The fourth-order valence-electron chi connectivity index (χ4n) is 3.66. The summed E-state index contributed by atoms with van der Waals surface area (Å²) in [6, 6.07) is 6.56. The molecular formula is C26H35N3O7S. The average Bonchev–Trinajstić information content (AvgIpc) is 2.86. The summed E-state index contributed by atoms with van der Waals surface area (Å²) in [5.41, 5.74) is 0.429. The van der Waals surface area contributed by atoms with Crippen molar-refractivity contribution in [3.8, 4) is 0 Å². The summed E-state index contributed by atoms with van der Waals surface area (Å²) in [7, 11) is -4.24. The van der Waals surface area contributed by atoms with Gasteiger partial charge in [0, 0.05) is 31.5 Å². The van der Waals surface area contributed by atoms with E-state index in [1.807, 2.05) is 18.6 Å². The van der Waals surface area contributed by atoms with Crippen LogP contribution in [0.25, 0.3) is 0 Å². The largest absolute Gasteiger partial charge is 0.477 e. The van der Waals surface area contributed by atoms with E-state index in [-0.39, 0.29) is 33.5 Å². The minimum atomic E-state index is -4.24. The second-order valence-corrected chi connectivity index (χ2v) is 10.4. The monoisotopic (exact) mass is 533 g/mol. The first-order valence-corrected chi connectivity index (χ1v) is 13.8. The lowest BCUT2D eigenvalue weighted by Crippen LogP contribution is -2.31. The maximum atomic E-state index is 12.8. The van der Waals surface area contributed by atoms with Crippen LogP contribution in [0.5, 0.6) is 0 Å². The number of aromatic carboxylic acids is 1. The number of aromatic nitrogens is 1. The van der Waals surface area contributed by atoms with Crippen molar-refractivity contribution in [1.82, 2.24) is 15.0 Å². The van der Waals surface area contributed by atoms with Gasteiger partial charge in [0.05, 0.1) is 10.5 Å². The van der Waals surface area contributed by atoms with Gasteiger partial charge in [-0.1, -0.05) is 33.1 Å². The van der Waals surface area contributed by atoms with Crippen molar-refractivity contribution in [3.63, 3.8) is 0 Å². The molecular weight excluding hydrogens is 498 g/mol. The lowest BCUT2D eigenvalue weighted by atomic mass is 9.94. The fraction of sp³-hybridized carbons (Fsp3) is 0.462. The zero-order valence-corrected chi connectivity index (χ0v) is 22.3. The number of hydrogen-bond donors (Lipinski definition) is 3. The summed E-state index contributed by atoms with van der Waals surface area (Å²) < 4.78 is 32.7. The molecule has 0 fully saturated rings. The number of unbranched alkanes of at least 4 members (excludes halogenated alkanes) is 1. The minimum absolute atomic E-state index is 0.0608. The Bertz CT molecular complexity index is 1180. The van der Waals surface area contributed by atoms with Gasteiger partial charge >= 0.3 is 5.97 Å². The standard InChI is InChI=1S/C26H35N3O7S/c1-4-6-8-18(3)15-20-16-21(17-28-23(20)26(32)33)25(31)29-37(34,35)22-11-9-19(10-12-22)24(30)27-13-7-14-36-5-2/h9-12,16-18H,4-8,13-15H2,1-3H3,(H,27,30)(H,29,31)(H,32,33). The predicted molar refractivity (Wildman–Crippen MR) is 138 cm³/mol. The Morgan fingerprint density at radius 1 is 1.05 bits per heavy atom. The number of amides is 2. The minimum Gasteiger partial charge on any atom is -0.477 e. The van der Waals surface area contributed by atoms with E-state index in [4.69, 9.17) is 4.74 Å². The van der Waals surface area contributed by atoms with Crippen molar-refractivity contribution in [1.29, 1.82) is 0 Å². The van der Waals surface area contributed by atoms with Gasteiger partial charge in [-0.2, -0.15) is 0 Å². The van der Waals surface area contributed by atoms with Crippen LogP contribution in [-0.4, -0.2) is 56.1 Å². The van der Waals surface area contributed by atoms with Gasteiger partial charge in [-0.25, -0.2) is 22.9 Å². The zero-order chi connectivity index (χ0) is 27.4. The first-order chi connectivity index (χ1) is 17.6. The summed E-state index contributed by atoms with van der Waals surface area (Å²) in [6.07, 6.45) is 4.99. The third-order valence-corrected chi connectivity index (χ3v) is 7.01. The molecule has 1 aromatic heterocycles. The van der Waals surface area contributed by atoms with Crippen molar-refractivity contribution < 1.29 is 32.6 Å². The maximum Gasteiger partial charge on any atom is 0.354 e. The zero-order valence-electron chi connectivity index (χ0n) is 21.5. The highest BCUT2D eigenvalue weighted by Gasteiger charge is 2.22. The number of benzene rings is 1. The molecule has 10 nitrogen and oxygen atoms in total. The highest BCUT2D eigenvalue weighted by molar-refractivity contribution is 7.90. The van der Waals surface area contributed by atoms with E-state index in [2.05, 4.69) is 17.2 Å². The van der Waals surface area contributed by atoms with Crippen molar-refractivity contribution in [2.45, 2.75) is 57.8 Å². The third kappa shape index (κ3) is 9.25. The lowest BCUT2D eigenvalue weighted by Gasteiger charge is -2.14. The SMILES string of the molecule is CCCCC(C)Cc1cc(C(=O)NS(=O)(=O)c2ccc(C(=O)NCCCOCC)cc2)cnc1C(=O)O. The van der Waals surface area contributed by atoms with Gasteiger partial charge in [0.2, 0.25) is 0 Å². The number of carbonyl (C=O) groups is 3. The number of carboxylic acids is 1. The van der Waals surface area contributed by atoms with Gasteiger partial charge in [-0.15, -0.1) is 0 Å². The van der Waals surface area contributed by atoms with E-state index in [0.717, 1.165) is 25.5 Å². The van der Waals surface area contributed by atoms with Crippen LogP contribution in [0.3, 0.4) is 0 Å². The summed E-state index contributed by atoms with van der Waals surface area (Å²) in [5, 5.41) is 12.2. The second kappa shape index (κ2) is 14.4. The molecule has 0 aliphatic heterocycles. The van der Waals surface area contributed by atoms with Crippen LogP contribution in [0.15, 0.2) is 41.4 Å². The Hall–Kier alpha value is -3.31.